The van der Waals surface area contributed by atoms with Gasteiger partial charge in [-0.05, 0) is 53.9 Å². The normalized spacial score (nSPS) is 16.2. The quantitative estimate of drug-likeness (QED) is 0.296. The number of halogens is 10. The van der Waals surface area contributed by atoms with E-state index in [4.69, 9.17) is 0 Å². The maximum atomic E-state index is 13.8. The molecule has 2 heterocycles. The fourth-order valence-electron chi connectivity index (χ4n) is 4.44. The van der Waals surface area contributed by atoms with Gasteiger partial charge in [0.2, 0.25) is 0 Å². The van der Waals surface area contributed by atoms with E-state index in [1.807, 2.05) is 11.0 Å². The van der Waals surface area contributed by atoms with Crippen LogP contribution < -0.4 is 0 Å². The summed E-state index contributed by atoms with van der Waals surface area (Å²) in [6.07, 6.45) is -6.98. The third-order valence-electron chi connectivity index (χ3n) is 6.25. The van der Waals surface area contributed by atoms with Gasteiger partial charge in [-0.25, -0.2) is 8.78 Å². The van der Waals surface area contributed by atoms with Crippen molar-refractivity contribution in [3.63, 3.8) is 0 Å². The minimum Gasteiger partial charge on any atom is -0.333 e. The molecule has 0 unspecified atom stereocenters. The Labute approximate surface area is 236 Å². The predicted molar refractivity (Wildman–Crippen MR) is 135 cm³/mol. The lowest BCUT2D eigenvalue weighted by Gasteiger charge is -2.42. The zero-order valence-electron chi connectivity index (χ0n) is 20.5. The Balaban J connectivity index is 0.00000280. The number of hydrogen-bond donors (Lipinski definition) is 0. The van der Waals surface area contributed by atoms with Crippen LogP contribution in [0.4, 0.5) is 35.1 Å². The van der Waals surface area contributed by atoms with Crippen molar-refractivity contribution in [3.05, 3.63) is 100 Å². The minimum atomic E-state index is -5.11. The highest BCUT2D eigenvalue weighted by molar-refractivity contribution is 5.95. The van der Waals surface area contributed by atoms with E-state index in [9.17, 15) is 39.9 Å². The van der Waals surface area contributed by atoms with Crippen molar-refractivity contribution < 1.29 is 39.9 Å². The third-order valence-corrected chi connectivity index (χ3v) is 6.25. The fourth-order valence-corrected chi connectivity index (χ4v) is 4.44. The van der Waals surface area contributed by atoms with Crippen LogP contribution in [0.2, 0.25) is 0 Å². The number of rotatable bonds is 5. The van der Waals surface area contributed by atoms with Gasteiger partial charge in [-0.15, -0.1) is 24.8 Å². The van der Waals surface area contributed by atoms with Gasteiger partial charge >= 0.3 is 12.4 Å². The van der Waals surface area contributed by atoms with E-state index >= 15 is 0 Å². The molecule has 1 aliphatic rings. The van der Waals surface area contributed by atoms with Crippen molar-refractivity contribution in [2.75, 3.05) is 19.6 Å². The molecule has 3 aromatic rings. The molecule has 0 radical (unpaired) electrons. The standard InChI is InChI=1S/C26H21F8N3O.2ClH/c27-22-4-3-16(9-23(22)28)8-21-15-36(14-17-2-1-5-35-13-17)6-7-37(21)24(38)18-10-19(25(29,30)31)12-20(11-18)26(32,33)34;;/h1-5,9-13,21H,6-8,14-15H2;2*1H/t21-;;/m1../s1. The van der Waals surface area contributed by atoms with Crippen LogP contribution in [0, 0.1) is 11.6 Å². The highest BCUT2D eigenvalue weighted by Crippen LogP contribution is 2.37. The average Bonchev–Trinajstić information content (AvgIpc) is 2.85. The molecule has 1 aliphatic heterocycles. The molecule has 1 fully saturated rings. The molecule has 40 heavy (non-hydrogen) atoms. The van der Waals surface area contributed by atoms with Crippen molar-refractivity contribution in [2.24, 2.45) is 0 Å². The number of carbonyl (C=O) groups is 1. The van der Waals surface area contributed by atoms with Crippen molar-refractivity contribution in [1.82, 2.24) is 14.8 Å². The Morgan fingerprint density at radius 3 is 2.05 bits per heavy atom. The molecular formula is C26H23Cl2F8N3O. The molecule has 4 rings (SSSR count). The molecule has 1 amide bonds. The van der Waals surface area contributed by atoms with Crippen LogP contribution in [0.25, 0.3) is 0 Å². The molecule has 1 saturated heterocycles. The highest BCUT2D eigenvalue weighted by atomic mass is 35.5. The topological polar surface area (TPSA) is 36.4 Å². The first-order valence-corrected chi connectivity index (χ1v) is 11.5. The van der Waals surface area contributed by atoms with Crippen LogP contribution in [-0.2, 0) is 25.3 Å². The molecule has 0 bridgehead atoms. The second kappa shape index (κ2) is 13.1. The summed E-state index contributed by atoms with van der Waals surface area (Å²) in [5.41, 5.74) is -2.78. The van der Waals surface area contributed by atoms with Crippen LogP contribution in [0.15, 0.2) is 60.9 Å². The summed E-state index contributed by atoms with van der Waals surface area (Å²) in [6, 6.07) is 6.74. The van der Waals surface area contributed by atoms with E-state index in [0.29, 0.717) is 24.2 Å². The molecule has 4 nitrogen and oxygen atoms in total. The molecule has 14 heteroatoms. The van der Waals surface area contributed by atoms with Crippen LogP contribution in [-0.4, -0.2) is 46.4 Å². The van der Waals surface area contributed by atoms with Crippen molar-refractivity contribution in [3.8, 4) is 0 Å². The van der Waals surface area contributed by atoms with E-state index in [1.165, 1.54) is 11.0 Å². The third kappa shape index (κ3) is 8.05. The second-order valence-corrected chi connectivity index (χ2v) is 9.00. The Bertz CT molecular complexity index is 1270. The summed E-state index contributed by atoms with van der Waals surface area (Å²) < 4.78 is 107. The lowest BCUT2D eigenvalue weighted by Crippen LogP contribution is -2.55. The van der Waals surface area contributed by atoms with Gasteiger partial charge in [-0.3, -0.25) is 14.7 Å². The predicted octanol–water partition coefficient (Wildman–Crippen LogP) is 6.81. The zero-order valence-corrected chi connectivity index (χ0v) is 22.1. The van der Waals surface area contributed by atoms with Gasteiger partial charge in [0.15, 0.2) is 11.6 Å². The highest BCUT2D eigenvalue weighted by Gasteiger charge is 2.39. The molecular weight excluding hydrogens is 593 g/mol. The number of benzene rings is 2. The van der Waals surface area contributed by atoms with E-state index < -0.39 is 52.6 Å². The molecule has 1 aromatic heterocycles. The maximum Gasteiger partial charge on any atom is 0.416 e. The Morgan fingerprint density at radius 2 is 1.50 bits per heavy atom. The first-order valence-electron chi connectivity index (χ1n) is 11.5. The maximum absolute atomic E-state index is 13.8. The van der Waals surface area contributed by atoms with E-state index in [-0.39, 0.29) is 56.9 Å². The SMILES string of the molecule is Cl.Cl.O=C(c1cc(C(F)(F)F)cc(C(F)(F)F)c1)N1CCN(Cc2cccnc2)C[C@H]1Cc1ccc(F)c(F)c1. The van der Waals surface area contributed by atoms with Gasteiger partial charge < -0.3 is 4.90 Å². The van der Waals surface area contributed by atoms with Crippen LogP contribution in [0.5, 0.6) is 0 Å². The average molecular weight is 616 g/mol. The lowest BCUT2D eigenvalue weighted by molar-refractivity contribution is -0.143. The molecule has 0 N–H and O–H groups in total. The first kappa shape index (κ1) is 33.2. The Kier molecular flexibility index (Phi) is 10.9. The molecule has 1 atom stereocenters. The number of nitrogens with zero attached hydrogens (tertiary/aromatic N) is 3. The largest absolute Gasteiger partial charge is 0.416 e. The van der Waals surface area contributed by atoms with Gasteiger partial charge in [0.05, 0.1) is 11.1 Å². The number of pyridine rings is 1. The summed E-state index contributed by atoms with van der Waals surface area (Å²) in [5, 5.41) is 0. The summed E-state index contributed by atoms with van der Waals surface area (Å²) in [4.78, 5) is 20.5. The van der Waals surface area contributed by atoms with E-state index in [0.717, 1.165) is 17.7 Å². The van der Waals surface area contributed by atoms with Gasteiger partial charge in [0.1, 0.15) is 0 Å². The number of alkyl halides is 6. The number of amides is 1. The number of carbonyl (C=O) groups excluding carboxylic acids is 1. The van der Waals surface area contributed by atoms with E-state index in [2.05, 4.69) is 4.98 Å². The van der Waals surface area contributed by atoms with Crippen LogP contribution >= 0.6 is 24.8 Å². The van der Waals surface area contributed by atoms with Gasteiger partial charge in [-0.1, -0.05) is 12.1 Å². The molecule has 2 aromatic carbocycles. The van der Waals surface area contributed by atoms with E-state index in [1.54, 1.807) is 18.5 Å². The number of aromatic nitrogens is 1. The van der Waals surface area contributed by atoms with Crippen LogP contribution in [0.1, 0.15) is 32.6 Å². The van der Waals surface area contributed by atoms with Gasteiger partial charge in [0, 0.05) is 50.2 Å². The smallest absolute Gasteiger partial charge is 0.333 e. The minimum absolute atomic E-state index is 0. The first-order chi connectivity index (χ1) is 17.8. The lowest BCUT2D eigenvalue weighted by atomic mass is 9.98. The van der Waals surface area contributed by atoms with Crippen molar-refractivity contribution in [1.29, 1.82) is 0 Å². The zero-order chi connectivity index (χ0) is 27.7. The van der Waals surface area contributed by atoms with Crippen LogP contribution in [0.3, 0.4) is 0 Å². The number of piperazine rings is 1. The van der Waals surface area contributed by atoms with Gasteiger partial charge in [0.25, 0.3) is 5.91 Å². The molecule has 0 aliphatic carbocycles. The fraction of sp³-hybridized carbons (Fsp3) is 0.308. The monoisotopic (exact) mass is 615 g/mol. The molecule has 218 valence electrons. The Morgan fingerprint density at radius 1 is 0.850 bits per heavy atom. The summed E-state index contributed by atoms with van der Waals surface area (Å²) in [7, 11) is 0. The Hall–Kier alpha value is -2.96. The molecule has 0 spiro atoms. The van der Waals surface area contributed by atoms with Gasteiger partial charge in [-0.2, -0.15) is 26.3 Å². The second-order valence-electron chi connectivity index (χ2n) is 9.00. The summed E-state index contributed by atoms with van der Waals surface area (Å²) >= 11 is 0. The summed E-state index contributed by atoms with van der Waals surface area (Å²) in [6.45, 7) is 0.877. The summed E-state index contributed by atoms with van der Waals surface area (Å²) in [5.74, 6) is -3.21. The molecule has 0 saturated carbocycles. The number of hydrogen-bond acceptors (Lipinski definition) is 3. The van der Waals surface area contributed by atoms with Crippen molar-refractivity contribution in [2.45, 2.75) is 31.4 Å². The van der Waals surface area contributed by atoms with Crippen molar-refractivity contribution >= 4 is 30.7 Å².